The van der Waals surface area contributed by atoms with Crippen molar-refractivity contribution >= 4 is 44.1 Å². The van der Waals surface area contributed by atoms with Crippen LogP contribution in [0.3, 0.4) is 0 Å². The molecule has 0 saturated heterocycles. The van der Waals surface area contributed by atoms with Gasteiger partial charge >= 0.3 is 0 Å². The van der Waals surface area contributed by atoms with E-state index in [2.05, 4.69) is 42.8 Å². The van der Waals surface area contributed by atoms with Crippen molar-refractivity contribution in [3.8, 4) is 0 Å². The lowest BCUT2D eigenvalue weighted by Crippen LogP contribution is -1.71. The third kappa shape index (κ3) is 1.62. The number of azide groups is 1. The summed E-state index contributed by atoms with van der Waals surface area (Å²) in [5.41, 5.74) is 9.16. The Hall–Kier alpha value is -0.790. The number of nitrogens with one attached hydrogen (secondary N) is 1. The SMILES string of the molecule is [N-]=[N+]=NCc1cc2[nH]nc(I)c2s1. The van der Waals surface area contributed by atoms with Crippen molar-refractivity contribution in [1.29, 1.82) is 0 Å². The number of nitrogens with zero attached hydrogens (tertiary/aromatic N) is 4. The summed E-state index contributed by atoms with van der Waals surface area (Å²) >= 11 is 3.77. The fourth-order valence-electron chi connectivity index (χ4n) is 1.02. The van der Waals surface area contributed by atoms with Gasteiger partial charge in [0.1, 0.15) is 3.70 Å². The number of H-pyrrole nitrogens is 1. The maximum absolute atomic E-state index is 8.15. The zero-order valence-corrected chi connectivity index (χ0v) is 9.33. The highest BCUT2D eigenvalue weighted by Gasteiger charge is 2.06. The number of aromatic nitrogens is 2. The lowest BCUT2D eigenvalue weighted by atomic mass is 10.4. The number of fused-ring (bicyclic) bond motifs is 1. The Morgan fingerprint density at radius 1 is 1.77 bits per heavy atom. The number of thiophene rings is 1. The van der Waals surface area contributed by atoms with E-state index in [0.717, 1.165) is 18.8 Å². The van der Waals surface area contributed by atoms with Gasteiger partial charge in [0, 0.05) is 9.79 Å². The summed E-state index contributed by atoms with van der Waals surface area (Å²) < 4.78 is 2.09. The second kappa shape index (κ2) is 3.52. The molecule has 2 heterocycles. The molecule has 0 atom stereocenters. The highest BCUT2D eigenvalue weighted by atomic mass is 127. The zero-order chi connectivity index (χ0) is 9.26. The van der Waals surface area contributed by atoms with Crippen LogP contribution in [0.15, 0.2) is 11.2 Å². The Morgan fingerprint density at radius 2 is 2.62 bits per heavy atom. The summed E-state index contributed by atoms with van der Waals surface area (Å²) in [6.45, 7) is 0.416. The lowest BCUT2D eigenvalue weighted by Gasteiger charge is -1.82. The molecule has 0 aliphatic carbocycles. The molecule has 0 bridgehead atoms. The first kappa shape index (κ1) is 8.79. The third-order valence-electron chi connectivity index (χ3n) is 1.53. The Kier molecular flexibility index (Phi) is 2.38. The molecule has 0 amide bonds. The Bertz CT molecular complexity index is 480. The van der Waals surface area contributed by atoms with E-state index in [-0.39, 0.29) is 0 Å². The molecule has 13 heavy (non-hydrogen) atoms. The summed E-state index contributed by atoms with van der Waals surface area (Å²) in [6, 6.07) is 1.96. The summed E-state index contributed by atoms with van der Waals surface area (Å²) in [4.78, 5) is 3.77. The normalized spacial score (nSPS) is 10.2. The zero-order valence-electron chi connectivity index (χ0n) is 6.36. The fourth-order valence-corrected chi connectivity index (χ4v) is 2.66. The van der Waals surface area contributed by atoms with Gasteiger partial charge in [-0.05, 0) is 34.2 Å². The largest absolute Gasteiger partial charge is 0.276 e. The standard InChI is InChI=1S/C6H4IN5S/c7-6-5-4(10-11-6)1-3(13-5)2-9-12-8/h1H,2H2,(H,10,11). The second-order valence-corrected chi connectivity index (χ2v) is 4.52. The molecule has 66 valence electrons. The van der Waals surface area contributed by atoms with Gasteiger partial charge in [0.05, 0.1) is 16.8 Å². The smallest absolute Gasteiger partial charge is 0.140 e. The molecule has 2 rings (SSSR count). The van der Waals surface area contributed by atoms with Gasteiger partial charge in [-0.25, -0.2) is 0 Å². The first-order valence-corrected chi connectivity index (χ1v) is 5.34. The minimum absolute atomic E-state index is 0.416. The molecule has 0 unspecified atom stereocenters. The van der Waals surface area contributed by atoms with Gasteiger partial charge in [0.2, 0.25) is 0 Å². The van der Waals surface area contributed by atoms with Crippen LogP contribution in [-0.2, 0) is 6.54 Å². The lowest BCUT2D eigenvalue weighted by molar-refractivity contribution is 1.07. The van der Waals surface area contributed by atoms with E-state index in [9.17, 15) is 0 Å². The van der Waals surface area contributed by atoms with Gasteiger partial charge in [-0.3, -0.25) is 5.10 Å². The summed E-state index contributed by atoms with van der Waals surface area (Å²) in [7, 11) is 0. The molecule has 0 radical (unpaired) electrons. The predicted octanol–water partition coefficient (Wildman–Crippen LogP) is 3.04. The van der Waals surface area contributed by atoms with Gasteiger partial charge in [0.15, 0.2) is 0 Å². The van der Waals surface area contributed by atoms with Crippen LogP contribution in [0.25, 0.3) is 20.7 Å². The van der Waals surface area contributed by atoms with E-state index < -0.39 is 0 Å². The van der Waals surface area contributed by atoms with Crippen LogP contribution >= 0.6 is 33.9 Å². The molecular weight excluding hydrogens is 301 g/mol. The minimum atomic E-state index is 0.416. The van der Waals surface area contributed by atoms with E-state index in [1.807, 2.05) is 6.07 Å². The average molecular weight is 305 g/mol. The van der Waals surface area contributed by atoms with Crippen molar-refractivity contribution in [2.24, 2.45) is 5.11 Å². The van der Waals surface area contributed by atoms with E-state index in [4.69, 9.17) is 5.53 Å². The predicted molar refractivity (Wildman–Crippen MR) is 59.5 cm³/mol. The van der Waals surface area contributed by atoms with Crippen LogP contribution in [0.1, 0.15) is 4.88 Å². The van der Waals surface area contributed by atoms with Gasteiger partial charge in [-0.15, -0.1) is 11.3 Å². The number of rotatable bonds is 2. The molecule has 0 aliphatic rings. The van der Waals surface area contributed by atoms with Crippen LogP contribution in [0, 0.1) is 3.70 Å². The average Bonchev–Trinajstić information content (AvgIpc) is 2.65. The monoisotopic (exact) mass is 305 g/mol. The van der Waals surface area contributed by atoms with E-state index in [1.165, 1.54) is 0 Å². The maximum Gasteiger partial charge on any atom is 0.140 e. The first-order chi connectivity index (χ1) is 6.31. The summed E-state index contributed by atoms with van der Waals surface area (Å²) in [5.74, 6) is 0. The van der Waals surface area contributed by atoms with Gasteiger partial charge in [-0.2, -0.15) is 5.10 Å². The van der Waals surface area contributed by atoms with Crippen molar-refractivity contribution < 1.29 is 0 Å². The van der Waals surface area contributed by atoms with E-state index in [1.54, 1.807) is 11.3 Å². The highest BCUT2D eigenvalue weighted by Crippen LogP contribution is 2.28. The van der Waals surface area contributed by atoms with Crippen molar-refractivity contribution in [2.75, 3.05) is 0 Å². The molecular formula is C6H4IN5S. The highest BCUT2D eigenvalue weighted by molar-refractivity contribution is 14.1. The number of hydrogen-bond acceptors (Lipinski definition) is 3. The van der Waals surface area contributed by atoms with Crippen LogP contribution in [0.4, 0.5) is 0 Å². The Morgan fingerprint density at radius 3 is 3.31 bits per heavy atom. The second-order valence-electron chi connectivity index (χ2n) is 2.36. The van der Waals surface area contributed by atoms with Gasteiger partial charge in [0.25, 0.3) is 0 Å². The summed E-state index contributed by atoms with van der Waals surface area (Å²) in [5, 5.41) is 10.4. The maximum atomic E-state index is 8.15. The van der Waals surface area contributed by atoms with Crippen LogP contribution in [0.2, 0.25) is 0 Å². The molecule has 0 saturated carbocycles. The fraction of sp³-hybridized carbons (Fsp3) is 0.167. The molecule has 5 nitrogen and oxygen atoms in total. The third-order valence-corrected chi connectivity index (χ3v) is 3.81. The van der Waals surface area contributed by atoms with E-state index in [0.29, 0.717) is 6.54 Å². The van der Waals surface area contributed by atoms with Crippen LogP contribution < -0.4 is 0 Å². The molecule has 0 fully saturated rings. The van der Waals surface area contributed by atoms with Crippen molar-refractivity contribution in [3.63, 3.8) is 0 Å². The van der Waals surface area contributed by atoms with Crippen molar-refractivity contribution in [1.82, 2.24) is 10.2 Å². The van der Waals surface area contributed by atoms with E-state index >= 15 is 0 Å². The molecule has 2 aromatic rings. The van der Waals surface area contributed by atoms with Crippen LogP contribution in [-0.4, -0.2) is 10.2 Å². The molecule has 2 aromatic heterocycles. The Balaban J connectivity index is 2.43. The van der Waals surface area contributed by atoms with Gasteiger partial charge < -0.3 is 0 Å². The first-order valence-electron chi connectivity index (χ1n) is 3.44. The van der Waals surface area contributed by atoms with Gasteiger partial charge in [-0.1, -0.05) is 5.11 Å². The number of halogens is 1. The Labute approximate surface area is 90.9 Å². The quantitative estimate of drug-likeness (QED) is 0.393. The molecule has 1 N–H and O–H groups in total. The molecule has 7 heteroatoms. The molecule has 0 aromatic carbocycles. The van der Waals surface area contributed by atoms with Crippen molar-refractivity contribution in [2.45, 2.75) is 6.54 Å². The molecule has 0 spiro atoms. The topological polar surface area (TPSA) is 77.4 Å². The van der Waals surface area contributed by atoms with Crippen molar-refractivity contribution in [3.05, 3.63) is 25.1 Å². The number of aromatic amines is 1. The number of hydrogen-bond donors (Lipinski definition) is 1. The van der Waals surface area contributed by atoms with Crippen LogP contribution in [0.5, 0.6) is 0 Å². The minimum Gasteiger partial charge on any atom is -0.276 e. The molecule has 0 aliphatic heterocycles. The summed E-state index contributed by atoms with van der Waals surface area (Å²) in [6.07, 6.45) is 0.